The van der Waals surface area contributed by atoms with Gasteiger partial charge in [0.1, 0.15) is 0 Å². The average Bonchev–Trinajstić information content (AvgIpc) is 2.29. The Hall–Kier alpha value is -1.48. The second kappa shape index (κ2) is 6.30. The standard InChI is InChI=1S/C8H11N.C6H6BrN/c1-6-3-4-7(2)8(9)5-6;7-5-1-3-6(8)4-2-5/h3-5H,9H2,1-2H3;1-4H,8H2. The number of benzene rings is 2. The van der Waals surface area contributed by atoms with Gasteiger partial charge in [-0.15, -0.1) is 0 Å². The summed E-state index contributed by atoms with van der Waals surface area (Å²) in [5, 5.41) is 0. The van der Waals surface area contributed by atoms with E-state index in [0.29, 0.717) is 0 Å². The number of nitrogen functional groups attached to an aromatic ring is 2. The molecule has 0 fully saturated rings. The lowest BCUT2D eigenvalue weighted by Crippen LogP contribution is -1.88. The number of anilines is 2. The molecule has 0 bridgehead atoms. The Kier molecular flexibility index (Phi) is 5.04. The van der Waals surface area contributed by atoms with Gasteiger partial charge < -0.3 is 11.5 Å². The van der Waals surface area contributed by atoms with Gasteiger partial charge in [0.25, 0.3) is 0 Å². The zero-order valence-electron chi connectivity index (χ0n) is 10.1. The van der Waals surface area contributed by atoms with Gasteiger partial charge in [-0.05, 0) is 55.3 Å². The molecule has 2 aromatic carbocycles. The van der Waals surface area contributed by atoms with Crippen molar-refractivity contribution in [3.05, 3.63) is 58.1 Å². The summed E-state index contributed by atoms with van der Waals surface area (Å²) in [6, 6.07) is 13.6. The third-order valence-corrected chi connectivity index (χ3v) is 2.83. The van der Waals surface area contributed by atoms with Crippen molar-refractivity contribution in [2.45, 2.75) is 13.8 Å². The van der Waals surface area contributed by atoms with Crippen molar-refractivity contribution < 1.29 is 0 Å². The summed E-state index contributed by atoms with van der Waals surface area (Å²) in [5.41, 5.74) is 15.1. The summed E-state index contributed by atoms with van der Waals surface area (Å²) in [6.45, 7) is 4.05. The number of aryl methyl sites for hydroxylation is 2. The molecular formula is C14H17BrN2. The van der Waals surface area contributed by atoms with Gasteiger partial charge in [0.05, 0.1) is 0 Å². The van der Waals surface area contributed by atoms with Crippen LogP contribution < -0.4 is 11.5 Å². The Morgan fingerprint density at radius 3 is 1.88 bits per heavy atom. The van der Waals surface area contributed by atoms with Crippen LogP contribution in [0.3, 0.4) is 0 Å². The summed E-state index contributed by atoms with van der Waals surface area (Å²) in [6.07, 6.45) is 0. The number of nitrogens with two attached hydrogens (primary N) is 2. The Bertz CT molecular complexity index is 457. The van der Waals surface area contributed by atoms with Crippen molar-refractivity contribution in [3.63, 3.8) is 0 Å². The van der Waals surface area contributed by atoms with E-state index in [0.717, 1.165) is 21.4 Å². The van der Waals surface area contributed by atoms with E-state index in [2.05, 4.69) is 22.0 Å². The molecule has 0 aliphatic rings. The maximum Gasteiger partial charge on any atom is 0.0346 e. The minimum absolute atomic E-state index is 0.799. The highest BCUT2D eigenvalue weighted by Crippen LogP contribution is 2.11. The highest BCUT2D eigenvalue weighted by atomic mass is 79.9. The minimum Gasteiger partial charge on any atom is -0.399 e. The Balaban J connectivity index is 0.000000171. The van der Waals surface area contributed by atoms with E-state index in [1.165, 1.54) is 5.56 Å². The second-order valence-electron chi connectivity index (χ2n) is 3.91. The largest absolute Gasteiger partial charge is 0.399 e. The van der Waals surface area contributed by atoms with Crippen LogP contribution in [0.25, 0.3) is 0 Å². The number of halogens is 1. The lowest BCUT2D eigenvalue weighted by atomic mass is 10.1. The Labute approximate surface area is 111 Å². The third-order valence-electron chi connectivity index (χ3n) is 2.30. The summed E-state index contributed by atoms with van der Waals surface area (Å²) < 4.78 is 1.06. The molecule has 2 aromatic rings. The monoisotopic (exact) mass is 292 g/mol. The van der Waals surface area contributed by atoms with Crippen LogP contribution >= 0.6 is 15.9 Å². The van der Waals surface area contributed by atoms with Gasteiger partial charge in [-0.1, -0.05) is 28.1 Å². The van der Waals surface area contributed by atoms with E-state index in [-0.39, 0.29) is 0 Å². The molecule has 4 N–H and O–H groups in total. The number of hydrogen-bond acceptors (Lipinski definition) is 2. The van der Waals surface area contributed by atoms with Gasteiger partial charge in [-0.25, -0.2) is 0 Å². The molecule has 0 atom stereocenters. The van der Waals surface area contributed by atoms with Crippen LogP contribution in [0.5, 0.6) is 0 Å². The zero-order chi connectivity index (χ0) is 12.8. The average molecular weight is 293 g/mol. The van der Waals surface area contributed by atoms with Crippen LogP contribution in [0.15, 0.2) is 46.9 Å². The molecule has 0 heterocycles. The minimum atomic E-state index is 0.799. The molecular weight excluding hydrogens is 276 g/mol. The Morgan fingerprint density at radius 1 is 0.882 bits per heavy atom. The van der Waals surface area contributed by atoms with Crippen molar-refractivity contribution in [2.24, 2.45) is 0 Å². The lowest BCUT2D eigenvalue weighted by Gasteiger charge is -1.98. The third kappa shape index (κ3) is 4.91. The number of hydrogen-bond donors (Lipinski definition) is 2. The first-order valence-corrected chi connectivity index (χ1v) is 6.12. The highest BCUT2D eigenvalue weighted by molar-refractivity contribution is 9.10. The predicted octanol–water partition coefficient (Wildman–Crippen LogP) is 3.92. The van der Waals surface area contributed by atoms with Gasteiger partial charge >= 0.3 is 0 Å². The normalized spacial score (nSPS) is 9.35. The smallest absolute Gasteiger partial charge is 0.0346 e. The highest BCUT2D eigenvalue weighted by Gasteiger charge is 1.89. The molecule has 0 aromatic heterocycles. The van der Waals surface area contributed by atoms with Gasteiger partial charge in [0.2, 0.25) is 0 Å². The maximum absolute atomic E-state index is 5.62. The molecule has 2 rings (SSSR count). The lowest BCUT2D eigenvalue weighted by molar-refractivity contribution is 1.40. The van der Waals surface area contributed by atoms with E-state index in [4.69, 9.17) is 11.5 Å². The topological polar surface area (TPSA) is 52.0 Å². The molecule has 2 nitrogen and oxygen atoms in total. The predicted molar refractivity (Wildman–Crippen MR) is 78.9 cm³/mol. The van der Waals surface area contributed by atoms with Gasteiger partial charge in [-0.3, -0.25) is 0 Å². The van der Waals surface area contributed by atoms with Crippen molar-refractivity contribution in [2.75, 3.05) is 11.5 Å². The second-order valence-corrected chi connectivity index (χ2v) is 4.83. The van der Waals surface area contributed by atoms with Crippen LogP contribution in [0.2, 0.25) is 0 Å². The quantitative estimate of drug-likeness (QED) is 0.723. The molecule has 0 aliphatic heterocycles. The van der Waals surface area contributed by atoms with Crippen LogP contribution in [0, 0.1) is 13.8 Å². The SMILES string of the molecule is Cc1ccc(C)c(N)c1.Nc1ccc(Br)cc1. The Morgan fingerprint density at radius 2 is 1.47 bits per heavy atom. The first-order valence-electron chi connectivity index (χ1n) is 5.33. The van der Waals surface area contributed by atoms with Crippen LogP contribution in [-0.4, -0.2) is 0 Å². The van der Waals surface area contributed by atoms with Gasteiger partial charge in [0, 0.05) is 15.8 Å². The van der Waals surface area contributed by atoms with Crippen molar-refractivity contribution in [1.82, 2.24) is 0 Å². The molecule has 0 radical (unpaired) electrons. The zero-order valence-corrected chi connectivity index (χ0v) is 11.7. The molecule has 0 amide bonds. The van der Waals surface area contributed by atoms with Crippen LogP contribution in [0.4, 0.5) is 11.4 Å². The molecule has 3 heteroatoms. The summed E-state index contributed by atoms with van der Waals surface area (Å²) in [4.78, 5) is 0. The maximum atomic E-state index is 5.62. The van der Waals surface area contributed by atoms with Crippen LogP contribution in [0.1, 0.15) is 11.1 Å². The molecule has 0 aliphatic carbocycles. The van der Waals surface area contributed by atoms with E-state index in [1.807, 2.05) is 50.2 Å². The van der Waals surface area contributed by atoms with E-state index in [1.54, 1.807) is 0 Å². The van der Waals surface area contributed by atoms with Crippen molar-refractivity contribution in [3.8, 4) is 0 Å². The van der Waals surface area contributed by atoms with Crippen molar-refractivity contribution in [1.29, 1.82) is 0 Å². The van der Waals surface area contributed by atoms with Crippen molar-refractivity contribution >= 4 is 27.3 Å². The molecule has 17 heavy (non-hydrogen) atoms. The fraction of sp³-hybridized carbons (Fsp3) is 0.143. The molecule has 0 spiro atoms. The molecule has 0 saturated carbocycles. The van der Waals surface area contributed by atoms with E-state index in [9.17, 15) is 0 Å². The fourth-order valence-corrected chi connectivity index (χ4v) is 1.49. The first-order chi connectivity index (χ1) is 7.99. The summed E-state index contributed by atoms with van der Waals surface area (Å²) >= 11 is 3.29. The molecule has 0 unspecified atom stereocenters. The fourth-order valence-electron chi connectivity index (χ4n) is 1.22. The van der Waals surface area contributed by atoms with E-state index < -0.39 is 0 Å². The van der Waals surface area contributed by atoms with Gasteiger partial charge in [-0.2, -0.15) is 0 Å². The van der Waals surface area contributed by atoms with E-state index >= 15 is 0 Å². The number of rotatable bonds is 0. The summed E-state index contributed by atoms with van der Waals surface area (Å²) in [5.74, 6) is 0. The molecule has 0 saturated heterocycles. The van der Waals surface area contributed by atoms with Crippen LogP contribution in [-0.2, 0) is 0 Å². The first kappa shape index (κ1) is 13.6. The summed E-state index contributed by atoms with van der Waals surface area (Å²) in [7, 11) is 0. The molecule has 90 valence electrons. The van der Waals surface area contributed by atoms with Gasteiger partial charge in [0.15, 0.2) is 0 Å².